The van der Waals surface area contributed by atoms with Crippen LogP contribution in [-0.2, 0) is 6.42 Å². The smallest absolute Gasteiger partial charge is 0.0375 e. The van der Waals surface area contributed by atoms with Gasteiger partial charge in [-0.25, -0.2) is 0 Å². The lowest BCUT2D eigenvalue weighted by atomic mass is 9.91. The molecule has 2 rings (SSSR count). The summed E-state index contributed by atoms with van der Waals surface area (Å²) in [6, 6.07) is 7.37. The summed E-state index contributed by atoms with van der Waals surface area (Å²) in [4.78, 5) is 0. The van der Waals surface area contributed by atoms with Crippen molar-refractivity contribution >= 4 is 5.69 Å². The van der Waals surface area contributed by atoms with Gasteiger partial charge in [-0.2, -0.15) is 0 Å². The minimum atomic E-state index is 0.658. The summed E-state index contributed by atoms with van der Waals surface area (Å²) in [5.74, 6) is 0.726. The third-order valence-corrected chi connectivity index (χ3v) is 3.13. The number of anilines is 1. The lowest BCUT2D eigenvalue weighted by molar-refractivity contribution is 0.483. The van der Waals surface area contributed by atoms with Gasteiger partial charge in [0.2, 0.25) is 0 Å². The monoisotopic (exact) mass is 189 g/mol. The number of hydrogen-bond donors (Lipinski definition) is 1. The summed E-state index contributed by atoms with van der Waals surface area (Å²) >= 11 is 0. The van der Waals surface area contributed by atoms with Crippen molar-refractivity contribution in [2.45, 2.75) is 39.7 Å². The van der Waals surface area contributed by atoms with Gasteiger partial charge < -0.3 is 5.32 Å². The molecule has 1 heterocycles. The Kier molecular flexibility index (Phi) is 2.49. The molecular weight excluding hydrogens is 170 g/mol. The molecule has 1 N–H and O–H groups in total. The molecule has 1 aliphatic rings. The second kappa shape index (κ2) is 3.64. The summed E-state index contributed by atoms with van der Waals surface area (Å²) in [6.45, 7) is 6.74. The number of aryl methyl sites for hydroxylation is 2. The summed E-state index contributed by atoms with van der Waals surface area (Å²) < 4.78 is 0. The van der Waals surface area contributed by atoms with Gasteiger partial charge in [0, 0.05) is 11.7 Å². The zero-order valence-corrected chi connectivity index (χ0v) is 9.30. The Hall–Kier alpha value is -0.980. The predicted octanol–water partition coefficient (Wildman–Crippen LogP) is 3.38. The molecule has 0 spiro atoms. The van der Waals surface area contributed by atoms with E-state index in [1.807, 2.05) is 0 Å². The van der Waals surface area contributed by atoms with Crippen molar-refractivity contribution in [2.24, 2.45) is 5.92 Å². The van der Waals surface area contributed by atoms with Crippen LogP contribution in [-0.4, -0.2) is 6.04 Å². The fourth-order valence-electron chi connectivity index (χ4n) is 2.15. The first-order valence-electron chi connectivity index (χ1n) is 5.53. The lowest BCUT2D eigenvalue weighted by Gasteiger charge is -2.30. The van der Waals surface area contributed by atoms with E-state index in [1.54, 1.807) is 0 Å². The van der Waals surface area contributed by atoms with Crippen LogP contribution in [0.15, 0.2) is 18.2 Å². The van der Waals surface area contributed by atoms with Crippen LogP contribution < -0.4 is 5.32 Å². The van der Waals surface area contributed by atoms with Gasteiger partial charge >= 0.3 is 0 Å². The highest BCUT2D eigenvalue weighted by Gasteiger charge is 2.19. The maximum Gasteiger partial charge on any atom is 0.0375 e. The van der Waals surface area contributed by atoms with Crippen LogP contribution in [0.1, 0.15) is 31.4 Å². The minimum absolute atomic E-state index is 0.658. The molecule has 14 heavy (non-hydrogen) atoms. The molecule has 1 aliphatic heterocycles. The predicted molar refractivity (Wildman–Crippen MR) is 61.7 cm³/mol. The standard InChI is InChI=1S/C13H19N/c1-9(2)12-7-5-11-8-10(3)4-6-13(11)14-12/h4,6,8-9,12,14H,5,7H2,1-3H3. The van der Waals surface area contributed by atoms with E-state index >= 15 is 0 Å². The molecular formula is C13H19N. The normalized spacial score (nSPS) is 20.4. The van der Waals surface area contributed by atoms with Crippen molar-refractivity contribution in [3.8, 4) is 0 Å². The van der Waals surface area contributed by atoms with Gasteiger partial charge in [-0.3, -0.25) is 0 Å². The average molecular weight is 189 g/mol. The van der Waals surface area contributed by atoms with Crippen molar-refractivity contribution in [1.82, 2.24) is 0 Å². The van der Waals surface area contributed by atoms with Crippen LogP contribution in [0.3, 0.4) is 0 Å². The summed E-state index contributed by atoms with van der Waals surface area (Å²) in [5.41, 5.74) is 4.20. The van der Waals surface area contributed by atoms with Crippen LogP contribution in [0.2, 0.25) is 0 Å². The van der Waals surface area contributed by atoms with Gasteiger partial charge in [0.15, 0.2) is 0 Å². The zero-order chi connectivity index (χ0) is 10.1. The van der Waals surface area contributed by atoms with Crippen LogP contribution in [0, 0.1) is 12.8 Å². The second-order valence-electron chi connectivity index (χ2n) is 4.69. The maximum absolute atomic E-state index is 3.62. The molecule has 1 atom stereocenters. The molecule has 76 valence electrons. The SMILES string of the molecule is Cc1ccc2c(c1)CCC(C(C)C)N2. The van der Waals surface area contributed by atoms with E-state index < -0.39 is 0 Å². The Balaban J connectivity index is 2.23. The zero-order valence-electron chi connectivity index (χ0n) is 9.30. The molecule has 1 aromatic rings. The van der Waals surface area contributed by atoms with Crippen LogP contribution >= 0.6 is 0 Å². The van der Waals surface area contributed by atoms with Gasteiger partial charge in [0.05, 0.1) is 0 Å². The topological polar surface area (TPSA) is 12.0 Å². The quantitative estimate of drug-likeness (QED) is 0.714. The molecule has 1 unspecified atom stereocenters. The first-order chi connectivity index (χ1) is 6.66. The van der Waals surface area contributed by atoms with E-state index in [2.05, 4.69) is 44.3 Å². The molecule has 0 bridgehead atoms. The molecule has 1 nitrogen and oxygen atoms in total. The molecule has 0 aliphatic carbocycles. The van der Waals surface area contributed by atoms with Gasteiger partial charge in [-0.15, -0.1) is 0 Å². The Morgan fingerprint density at radius 3 is 2.86 bits per heavy atom. The molecule has 0 amide bonds. The van der Waals surface area contributed by atoms with E-state index in [0.29, 0.717) is 6.04 Å². The van der Waals surface area contributed by atoms with E-state index in [0.717, 1.165) is 5.92 Å². The van der Waals surface area contributed by atoms with Crippen molar-refractivity contribution in [1.29, 1.82) is 0 Å². The lowest BCUT2D eigenvalue weighted by Crippen LogP contribution is -2.30. The van der Waals surface area contributed by atoms with Gasteiger partial charge in [-0.05, 0) is 37.3 Å². The van der Waals surface area contributed by atoms with Crippen LogP contribution in [0.25, 0.3) is 0 Å². The first kappa shape index (κ1) is 9.57. The Morgan fingerprint density at radius 2 is 2.14 bits per heavy atom. The molecule has 0 radical (unpaired) electrons. The van der Waals surface area contributed by atoms with Crippen molar-refractivity contribution < 1.29 is 0 Å². The Bertz CT molecular complexity index is 328. The van der Waals surface area contributed by atoms with Crippen LogP contribution in [0.5, 0.6) is 0 Å². The Labute approximate surface area is 86.5 Å². The number of hydrogen-bond acceptors (Lipinski definition) is 1. The van der Waals surface area contributed by atoms with Gasteiger partial charge in [0.1, 0.15) is 0 Å². The van der Waals surface area contributed by atoms with Crippen molar-refractivity contribution in [3.05, 3.63) is 29.3 Å². The van der Waals surface area contributed by atoms with Crippen molar-refractivity contribution in [3.63, 3.8) is 0 Å². The largest absolute Gasteiger partial charge is 0.382 e. The van der Waals surface area contributed by atoms with E-state index in [9.17, 15) is 0 Å². The molecule has 0 saturated carbocycles. The molecule has 1 heteroatoms. The third-order valence-electron chi connectivity index (χ3n) is 3.13. The second-order valence-corrected chi connectivity index (χ2v) is 4.69. The fraction of sp³-hybridized carbons (Fsp3) is 0.538. The highest BCUT2D eigenvalue weighted by molar-refractivity contribution is 5.55. The third kappa shape index (κ3) is 1.77. The average Bonchev–Trinajstić information content (AvgIpc) is 2.16. The molecule has 0 aromatic heterocycles. The van der Waals surface area contributed by atoms with E-state index in [4.69, 9.17) is 0 Å². The van der Waals surface area contributed by atoms with E-state index in [-0.39, 0.29) is 0 Å². The Morgan fingerprint density at radius 1 is 1.36 bits per heavy atom. The van der Waals surface area contributed by atoms with Gasteiger partial charge in [-0.1, -0.05) is 31.5 Å². The fourth-order valence-corrected chi connectivity index (χ4v) is 2.15. The minimum Gasteiger partial charge on any atom is -0.382 e. The molecule has 0 fully saturated rings. The summed E-state index contributed by atoms with van der Waals surface area (Å²) in [5, 5.41) is 3.62. The highest BCUT2D eigenvalue weighted by Crippen LogP contribution is 2.28. The summed E-state index contributed by atoms with van der Waals surface area (Å²) in [7, 11) is 0. The molecule has 1 aromatic carbocycles. The summed E-state index contributed by atoms with van der Waals surface area (Å²) in [6.07, 6.45) is 2.50. The van der Waals surface area contributed by atoms with Crippen molar-refractivity contribution in [2.75, 3.05) is 5.32 Å². The molecule has 0 saturated heterocycles. The number of rotatable bonds is 1. The number of fused-ring (bicyclic) bond motifs is 1. The maximum atomic E-state index is 3.62. The number of nitrogens with one attached hydrogen (secondary N) is 1. The first-order valence-corrected chi connectivity index (χ1v) is 5.53. The van der Waals surface area contributed by atoms with Gasteiger partial charge in [0.25, 0.3) is 0 Å². The highest BCUT2D eigenvalue weighted by atomic mass is 14.9. The van der Waals surface area contributed by atoms with E-state index in [1.165, 1.54) is 29.7 Å². The number of benzene rings is 1. The van der Waals surface area contributed by atoms with Crippen LogP contribution in [0.4, 0.5) is 5.69 Å².